The molecule has 0 amide bonds. The molecule has 0 aromatic heterocycles. The number of nitrogens with zero attached hydrogens (tertiary/aromatic N) is 1. The van der Waals surface area contributed by atoms with Gasteiger partial charge in [-0.3, -0.25) is 5.32 Å². The smallest absolute Gasteiger partial charge is 0.272 e. The summed E-state index contributed by atoms with van der Waals surface area (Å²) in [5.41, 5.74) is -0.696. The van der Waals surface area contributed by atoms with E-state index in [0.29, 0.717) is 0 Å². The maximum atomic E-state index is 12.3. The van der Waals surface area contributed by atoms with Gasteiger partial charge in [-0.15, -0.1) is 6.42 Å². The third kappa shape index (κ3) is 3.37. The number of benzene rings is 1. The van der Waals surface area contributed by atoms with Gasteiger partial charge in [0.05, 0.1) is 11.3 Å². The van der Waals surface area contributed by atoms with Gasteiger partial charge in [0.15, 0.2) is 0 Å². The second kappa shape index (κ2) is 4.45. The minimum atomic E-state index is -4.43. The van der Waals surface area contributed by atoms with E-state index in [4.69, 9.17) is 18.0 Å². The monoisotopic (exact) mass is 232 g/mol. The first kappa shape index (κ1) is 11.7. The van der Waals surface area contributed by atoms with Gasteiger partial charge < -0.3 is 0 Å². The lowest BCUT2D eigenvalue weighted by Crippen LogP contribution is -2.06. The number of terminal acetylenes is 1. The fraction of sp³-hybridized carbons (Fsp3) is 0.200. The van der Waals surface area contributed by atoms with Crippen molar-refractivity contribution >= 4 is 17.3 Å². The minimum Gasteiger partial charge on any atom is -0.272 e. The van der Waals surface area contributed by atoms with E-state index in [1.54, 1.807) is 0 Å². The molecule has 0 bridgehead atoms. The molecule has 0 heterocycles. The van der Waals surface area contributed by atoms with Gasteiger partial charge in [0, 0.05) is 5.02 Å². The highest BCUT2D eigenvalue weighted by Crippen LogP contribution is 2.33. The average molecular weight is 233 g/mol. The molecule has 1 nitrogen and oxygen atoms in total. The van der Waals surface area contributed by atoms with Crippen LogP contribution in [0.25, 0.3) is 0 Å². The van der Waals surface area contributed by atoms with Crippen molar-refractivity contribution in [2.75, 3.05) is 6.54 Å². The van der Waals surface area contributed by atoms with E-state index in [9.17, 15) is 13.2 Å². The van der Waals surface area contributed by atoms with Gasteiger partial charge in [0.2, 0.25) is 0 Å². The Morgan fingerprint density at radius 2 is 2.00 bits per heavy atom. The molecule has 0 saturated heterocycles. The van der Waals surface area contributed by atoms with E-state index in [2.05, 4.69) is 11.2 Å². The lowest BCUT2D eigenvalue weighted by Gasteiger charge is -2.08. The van der Waals surface area contributed by atoms with Crippen LogP contribution in [-0.4, -0.2) is 6.54 Å². The molecule has 0 spiro atoms. The summed E-state index contributed by atoms with van der Waals surface area (Å²) in [6.07, 6.45) is 0.514. The molecule has 5 heteroatoms. The van der Waals surface area contributed by atoms with Gasteiger partial charge in [-0.1, -0.05) is 17.5 Å². The summed E-state index contributed by atoms with van der Waals surface area (Å²) in [5.74, 6) is 2.20. The van der Waals surface area contributed by atoms with E-state index >= 15 is 0 Å². The maximum Gasteiger partial charge on any atom is 0.416 e. The number of alkyl halides is 3. The molecule has 1 rings (SSSR count). The lowest BCUT2D eigenvalue weighted by molar-refractivity contribution is -0.137. The van der Waals surface area contributed by atoms with E-state index in [0.717, 1.165) is 12.1 Å². The quantitative estimate of drug-likeness (QED) is 0.695. The molecular formula is C10H6ClF3N. The van der Waals surface area contributed by atoms with E-state index in [1.807, 2.05) is 0 Å². The largest absolute Gasteiger partial charge is 0.416 e. The van der Waals surface area contributed by atoms with Crippen molar-refractivity contribution in [3.05, 3.63) is 28.8 Å². The van der Waals surface area contributed by atoms with Crippen LogP contribution in [0.5, 0.6) is 0 Å². The Hall–Kier alpha value is -1.34. The van der Waals surface area contributed by atoms with Gasteiger partial charge >= 0.3 is 6.18 Å². The summed E-state index contributed by atoms with van der Waals surface area (Å²) in [4.78, 5) is 0. The summed E-state index contributed by atoms with van der Waals surface area (Å²) in [7, 11) is 0. The molecule has 0 N–H and O–H groups in total. The van der Waals surface area contributed by atoms with Crippen molar-refractivity contribution < 1.29 is 13.2 Å². The van der Waals surface area contributed by atoms with Crippen molar-refractivity contribution in [1.82, 2.24) is 5.32 Å². The third-order valence-corrected chi connectivity index (χ3v) is 1.78. The molecular weight excluding hydrogens is 227 g/mol. The van der Waals surface area contributed by atoms with Gasteiger partial charge in [0.1, 0.15) is 6.54 Å². The number of rotatable bonds is 2. The normalized spacial score (nSPS) is 10.9. The van der Waals surface area contributed by atoms with Gasteiger partial charge in [0.25, 0.3) is 0 Å². The van der Waals surface area contributed by atoms with Crippen molar-refractivity contribution in [3.63, 3.8) is 0 Å². The van der Waals surface area contributed by atoms with Crippen LogP contribution in [0.3, 0.4) is 0 Å². The molecule has 0 atom stereocenters. The second-order valence-corrected chi connectivity index (χ2v) is 3.15. The van der Waals surface area contributed by atoms with Crippen LogP contribution in [-0.2, 0) is 6.18 Å². The Morgan fingerprint density at radius 1 is 1.33 bits per heavy atom. The Bertz CT molecular complexity index is 393. The highest BCUT2D eigenvalue weighted by atomic mass is 35.5. The topological polar surface area (TPSA) is 14.1 Å². The molecule has 15 heavy (non-hydrogen) atoms. The first-order valence-corrected chi connectivity index (χ1v) is 4.30. The number of hydrogen-bond donors (Lipinski definition) is 0. The molecule has 0 fully saturated rings. The molecule has 0 aliphatic carbocycles. The van der Waals surface area contributed by atoms with Gasteiger partial charge in [-0.05, 0) is 18.2 Å². The van der Waals surface area contributed by atoms with E-state index in [-0.39, 0.29) is 17.3 Å². The Labute approximate surface area is 90.2 Å². The molecule has 1 aromatic carbocycles. The molecule has 1 aromatic rings. The Morgan fingerprint density at radius 3 is 2.53 bits per heavy atom. The minimum absolute atomic E-state index is 0.0133. The number of halogens is 4. The van der Waals surface area contributed by atoms with Crippen LogP contribution in [0.15, 0.2) is 18.2 Å². The molecule has 0 aliphatic heterocycles. The van der Waals surface area contributed by atoms with Crippen molar-refractivity contribution in [3.8, 4) is 12.3 Å². The van der Waals surface area contributed by atoms with Crippen LogP contribution in [0.2, 0.25) is 5.02 Å². The zero-order chi connectivity index (χ0) is 11.5. The van der Waals surface area contributed by atoms with Crippen molar-refractivity contribution in [2.45, 2.75) is 6.18 Å². The molecule has 0 unspecified atom stereocenters. The molecule has 79 valence electrons. The van der Waals surface area contributed by atoms with Crippen LogP contribution < -0.4 is 5.32 Å². The van der Waals surface area contributed by atoms with Gasteiger partial charge in [-0.25, -0.2) is 0 Å². The summed E-state index contributed by atoms with van der Waals surface area (Å²) >= 11 is 5.52. The summed E-state index contributed by atoms with van der Waals surface area (Å²) in [6, 6.07) is 3.08. The highest BCUT2D eigenvalue weighted by Gasteiger charge is 2.31. The van der Waals surface area contributed by atoms with Crippen LogP contribution in [0, 0.1) is 12.3 Å². The SMILES string of the molecule is C#CC[N]c1cc(Cl)cc(C(F)(F)F)c1. The first-order chi connectivity index (χ1) is 6.93. The van der Waals surface area contributed by atoms with Crippen molar-refractivity contribution in [1.29, 1.82) is 0 Å². The van der Waals surface area contributed by atoms with E-state index in [1.165, 1.54) is 6.07 Å². The second-order valence-electron chi connectivity index (χ2n) is 2.72. The standard InChI is InChI=1S/C10H6ClF3N/c1-2-3-15-9-5-7(10(12,13)14)4-8(11)6-9/h1,4-6H,3H2. The first-order valence-electron chi connectivity index (χ1n) is 3.92. The van der Waals surface area contributed by atoms with E-state index < -0.39 is 11.7 Å². The zero-order valence-electron chi connectivity index (χ0n) is 7.48. The maximum absolute atomic E-state index is 12.3. The Kier molecular flexibility index (Phi) is 3.48. The van der Waals surface area contributed by atoms with Gasteiger partial charge in [-0.2, -0.15) is 13.2 Å². The van der Waals surface area contributed by atoms with Crippen molar-refractivity contribution in [2.24, 2.45) is 0 Å². The summed E-state index contributed by atoms with van der Waals surface area (Å²) in [5, 5.41) is 3.73. The Balaban J connectivity index is 3.01. The number of hydrogen-bond acceptors (Lipinski definition) is 0. The summed E-state index contributed by atoms with van der Waals surface area (Å²) < 4.78 is 37.0. The average Bonchev–Trinajstić information content (AvgIpc) is 2.12. The highest BCUT2D eigenvalue weighted by molar-refractivity contribution is 6.30. The fourth-order valence-electron chi connectivity index (χ4n) is 0.966. The summed E-state index contributed by atoms with van der Waals surface area (Å²) in [6.45, 7) is 0.0254. The van der Waals surface area contributed by atoms with Crippen LogP contribution >= 0.6 is 11.6 Å². The lowest BCUT2D eigenvalue weighted by atomic mass is 10.2. The zero-order valence-corrected chi connectivity index (χ0v) is 8.23. The van der Waals surface area contributed by atoms with Crippen LogP contribution in [0.4, 0.5) is 18.9 Å². The fourth-order valence-corrected chi connectivity index (χ4v) is 1.20. The molecule has 1 radical (unpaired) electrons. The van der Waals surface area contributed by atoms with Crippen LogP contribution in [0.1, 0.15) is 5.56 Å². The third-order valence-electron chi connectivity index (χ3n) is 1.56. The predicted octanol–water partition coefficient (Wildman–Crippen LogP) is 3.23. The molecule has 0 saturated carbocycles. The predicted molar refractivity (Wildman–Crippen MR) is 51.9 cm³/mol. The molecule has 0 aliphatic rings.